The van der Waals surface area contributed by atoms with Crippen LogP contribution in [-0.2, 0) is 6.54 Å². The minimum Gasteiger partial charge on any atom is -0.397 e. The first-order valence-electron chi connectivity index (χ1n) is 9.08. The highest BCUT2D eigenvalue weighted by Crippen LogP contribution is 2.22. The summed E-state index contributed by atoms with van der Waals surface area (Å²) in [6.45, 7) is 0.269. The second-order valence-electron chi connectivity index (χ2n) is 6.64. The summed E-state index contributed by atoms with van der Waals surface area (Å²) in [6, 6.07) is 13.3. The molecule has 0 saturated heterocycles. The van der Waals surface area contributed by atoms with Gasteiger partial charge in [-0.1, -0.05) is 18.2 Å². The van der Waals surface area contributed by atoms with Crippen LogP contribution in [0.2, 0.25) is 0 Å². The largest absolute Gasteiger partial charge is 0.397 e. The van der Waals surface area contributed by atoms with Crippen LogP contribution in [0.5, 0.6) is 0 Å². The van der Waals surface area contributed by atoms with E-state index in [-0.39, 0.29) is 23.6 Å². The van der Waals surface area contributed by atoms with E-state index < -0.39 is 12.1 Å². The van der Waals surface area contributed by atoms with E-state index in [1.54, 1.807) is 43.6 Å². The van der Waals surface area contributed by atoms with Gasteiger partial charge in [0, 0.05) is 36.0 Å². The molecule has 0 fully saturated rings. The van der Waals surface area contributed by atoms with Gasteiger partial charge < -0.3 is 21.0 Å². The zero-order chi connectivity index (χ0) is 21.8. The van der Waals surface area contributed by atoms with Crippen molar-refractivity contribution < 1.29 is 13.6 Å². The molecule has 154 valence electrons. The molecule has 4 N–H and O–H groups in total. The molecule has 30 heavy (non-hydrogen) atoms. The molecular weight excluding hydrogens is 390 g/mol. The van der Waals surface area contributed by atoms with Crippen LogP contribution < -0.4 is 16.6 Å². The lowest BCUT2D eigenvalue weighted by molar-refractivity contribution is 0.0963. The van der Waals surface area contributed by atoms with Crippen molar-refractivity contribution in [1.82, 2.24) is 9.88 Å². The van der Waals surface area contributed by atoms with Gasteiger partial charge >= 0.3 is 0 Å². The Morgan fingerprint density at radius 3 is 2.63 bits per heavy atom. The molecule has 0 aliphatic heterocycles. The molecule has 1 amide bonds. The fourth-order valence-electron chi connectivity index (χ4n) is 3.18. The van der Waals surface area contributed by atoms with Gasteiger partial charge in [0.05, 0.1) is 12.2 Å². The fourth-order valence-corrected chi connectivity index (χ4v) is 3.18. The number of fused-ring (bicyclic) bond motifs is 1. The van der Waals surface area contributed by atoms with Gasteiger partial charge in [0.15, 0.2) is 0 Å². The molecule has 0 aliphatic carbocycles. The van der Waals surface area contributed by atoms with Gasteiger partial charge in [0.25, 0.3) is 17.9 Å². The number of allylic oxidation sites excluding steroid dienone is 2. The number of halogens is 2. The molecule has 2 aromatic carbocycles. The zero-order valence-corrected chi connectivity index (χ0v) is 16.2. The highest BCUT2D eigenvalue weighted by molar-refractivity contribution is 6.10. The van der Waals surface area contributed by atoms with Crippen LogP contribution in [0.25, 0.3) is 16.3 Å². The van der Waals surface area contributed by atoms with Crippen molar-refractivity contribution in [3.8, 4) is 0 Å². The van der Waals surface area contributed by atoms with Crippen molar-refractivity contribution >= 4 is 28.5 Å². The van der Waals surface area contributed by atoms with Gasteiger partial charge in [-0.15, -0.1) is 0 Å². The Labute approximate surface area is 171 Å². The number of nitrogens with two attached hydrogens (primary N) is 1. The number of nitrogens with one attached hydrogen (secondary N) is 2. The normalized spacial score (nSPS) is 12.0. The molecule has 1 heterocycles. The van der Waals surface area contributed by atoms with Crippen LogP contribution in [0, 0.1) is 5.41 Å². The van der Waals surface area contributed by atoms with E-state index in [0.717, 1.165) is 11.8 Å². The molecular formula is C22H20F2N4O2. The number of rotatable bonds is 6. The Balaban J connectivity index is 2.00. The lowest BCUT2D eigenvalue weighted by Crippen LogP contribution is -2.21. The van der Waals surface area contributed by atoms with Crippen molar-refractivity contribution in [2.75, 3.05) is 7.05 Å². The number of benzene rings is 2. The molecule has 0 aliphatic rings. The Hall–Kier alpha value is -3.81. The number of carbonyl (C=O) groups excluding carboxylic acids is 1. The maximum absolute atomic E-state index is 12.9. The van der Waals surface area contributed by atoms with Gasteiger partial charge in [-0.25, -0.2) is 8.78 Å². The molecule has 1 aromatic heterocycles. The highest BCUT2D eigenvalue weighted by Gasteiger charge is 2.14. The molecule has 0 spiro atoms. The average molecular weight is 410 g/mol. The van der Waals surface area contributed by atoms with E-state index in [1.807, 2.05) is 6.07 Å². The number of hydrogen-bond donors (Lipinski definition) is 3. The summed E-state index contributed by atoms with van der Waals surface area (Å²) in [5, 5.41) is 10.9. The van der Waals surface area contributed by atoms with Crippen molar-refractivity contribution in [2.45, 2.75) is 13.0 Å². The van der Waals surface area contributed by atoms with E-state index in [1.165, 1.54) is 16.7 Å². The predicted molar refractivity (Wildman–Crippen MR) is 113 cm³/mol. The third-order valence-corrected chi connectivity index (χ3v) is 4.75. The quantitative estimate of drug-likeness (QED) is 0.545. The fraction of sp³-hybridized carbons (Fsp3) is 0.136. The summed E-state index contributed by atoms with van der Waals surface area (Å²) in [5.74, 6) is -0.214. The number of pyridine rings is 1. The van der Waals surface area contributed by atoms with Crippen molar-refractivity contribution in [2.24, 2.45) is 5.73 Å². The maximum Gasteiger partial charge on any atom is 0.278 e. The topological polar surface area (TPSA) is 101 Å². The van der Waals surface area contributed by atoms with Gasteiger partial charge in [-0.05, 0) is 46.8 Å². The average Bonchev–Trinajstić information content (AvgIpc) is 2.75. The lowest BCUT2D eigenvalue weighted by atomic mass is 10.0. The van der Waals surface area contributed by atoms with Gasteiger partial charge in [0.2, 0.25) is 0 Å². The predicted octanol–water partition coefficient (Wildman–Crippen LogP) is 2.99. The van der Waals surface area contributed by atoms with Crippen LogP contribution >= 0.6 is 0 Å². The summed E-state index contributed by atoms with van der Waals surface area (Å²) < 4.78 is 27.4. The molecule has 8 heteroatoms. The molecule has 0 atom stereocenters. The van der Waals surface area contributed by atoms with Crippen LogP contribution in [0.15, 0.2) is 65.2 Å². The SMILES string of the molecule is CNC(=O)c1cccc(Cn2ccc3cc(/C(C=N)=C(/N)C(F)F)ccc3c2=O)c1. The first-order valence-corrected chi connectivity index (χ1v) is 9.08. The maximum atomic E-state index is 12.9. The first-order chi connectivity index (χ1) is 14.3. The van der Waals surface area contributed by atoms with Crippen molar-refractivity contribution in [1.29, 1.82) is 5.41 Å². The molecule has 6 nitrogen and oxygen atoms in total. The summed E-state index contributed by atoms with van der Waals surface area (Å²) >= 11 is 0. The Morgan fingerprint density at radius 1 is 1.20 bits per heavy atom. The molecule has 0 saturated carbocycles. The second-order valence-corrected chi connectivity index (χ2v) is 6.64. The van der Waals surface area contributed by atoms with Gasteiger partial charge in [-0.3, -0.25) is 9.59 Å². The Kier molecular flexibility index (Phi) is 6.06. The van der Waals surface area contributed by atoms with Gasteiger partial charge in [-0.2, -0.15) is 0 Å². The minimum absolute atomic E-state index is 0.0814. The summed E-state index contributed by atoms with van der Waals surface area (Å²) in [4.78, 5) is 24.7. The molecule has 3 rings (SSSR count). The number of nitrogens with zero attached hydrogens (tertiary/aromatic N) is 1. The summed E-state index contributed by atoms with van der Waals surface area (Å²) in [7, 11) is 1.55. The van der Waals surface area contributed by atoms with Gasteiger partial charge in [0.1, 0.15) is 0 Å². The second kappa shape index (κ2) is 8.69. The minimum atomic E-state index is -2.88. The third-order valence-electron chi connectivity index (χ3n) is 4.75. The monoisotopic (exact) mass is 410 g/mol. The number of alkyl halides is 2. The van der Waals surface area contributed by atoms with Crippen LogP contribution in [0.3, 0.4) is 0 Å². The smallest absolute Gasteiger partial charge is 0.278 e. The van der Waals surface area contributed by atoms with E-state index in [9.17, 15) is 18.4 Å². The molecule has 3 aromatic rings. The van der Waals surface area contributed by atoms with E-state index >= 15 is 0 Å². The summed E-state index contributed by atoms with van der Waals surface area (Å²) in [5.41, 5.74) is 6.01. The van der Waals surface area contributed by atoms with E-state index in [4.69, 9.17) is 11.1 Å². The van der Waals surface area contributed by atoms with Crippen LogP contribution in [-0.4, -0.2) is 30.2 Å². The van der Waals surface area contributed by atoms with E-state index in [0.29, 0.717) is 21.9 Å². The Bertz CT molecular complexity index is 1220. The van der Waals surface area contributed by atoms with Crippen LogP contribution in [0.1, 0.15) is 21.5 Å². The first kappa shape index (κ1) is 20.9. The lowest BCUT2D eigenvalue weighted by Gasteiger charge is -2.11. The number of amides is 1. The molecule has 0 radical (unpaired) electrons. The molecule has 0 unspecified atom stereocenters. The van der Waals surface area contributed by atoms with Crippen molar-refractivity contribution in [3.63, 3.8) is 0 Å². The zero-order valence-electron chi connectivity index (χ0n) is 16.2. The van der Waals surface area contributed by atoms with Crippen molar-refractivity contribution in [3.05, 3.63) is 87.5 Å². The standard InChI is InChI=1S/C22H20F2N4O2/c1-27-21(29)16-4-2-3-13(9-16)12-28-8-7-15-10-14(5-6-17(15)22(28)30)18(11-25)19(26)20(23)24/h2-11,20,25H,12,26H2,1H3,(H,27,29)/b19-18+,25-11?. The number of carbonyl (C=O) groups is 1. The van der Waals surface area contributed by atoms with Crippen LogP contribution in [0.4, 0.5) is 8.78 Å². The number of aromatic nitrogens is 1. The summed E-state index contributed by atoms with van der Waals surface area (Å²) in [6.07, 6.45) is -0.495. The third kappa shape index (κ3) is 4.12. The molecule has 0 bridgehead atoms. The number of hydrogen-bond acceptors (Lipinski definition) is 4. The highest BCUT2D eigenvalue weighted by atomic mass is 19.3. The Morgan fingerprint density at radius 2 is 1.97 bits per heavy atom. The van der Waals surface area contributed by atoms with E-state index in [2.05, 4.69) is 5.32 Å².